The minimum absolute atomic E-state index is 0. The van der Waals surface area contributed by atoms with E-state index in [1.54, 1.807) is 39.2 Å². The Morgan fingerprint density at radius 2 is 0.894 bits per heavy atom. The van der Waals surface area contributed by atoms with Crippen LogP contribution in [0, 0.1) is 110 Å². The van der Waals surface area contributed by atoms with Crippen molar-refractivity contribution in [2.24, 2.45) is 0 Å². The minimum Gasteiger partial charge on any atom is -1.00 e. The molecule has 0 fully saturated rings. The first-order chi connectivity index (χ1) is 65.2. The van der Waals surface area contributed by atoms with Gasteiger partial charge in [0.1, 0.15) is 27.9 Å². The van der Waals surface area contributed by atoms with Crippen LogP contribution in [0.3, 0.4) is 0 Å². The number of amides is 2. The van der Waals surface area contributed by atoms with Crippen molar-refractivity contribution in [2.75, 3.05) is 13.7 Å². The number of hydrogen-bond donors (Lipinski definition) is 4. The summed E-state index contributed by atoms with van der Waals surface area (Å²) in [6.07, 6.45) is 11.4. The number of carboxylic acid groups (broad SMARTS) is 1. The zero-order chi connectivity index (χ0) is 102. The van der Waals surface area contributed by atoms with Crippen molar-refractivity contribution in [1.82, 2.24) is 59.6 Å². The predicted octanol–water partition coefficient (Wildman–Crippen LogP) is 5.97. The molecule has 141 heavy (non-hydrogen) atoms. The summed E-state index contributed by atoms with van der Waals surface area (Å²) in [5.41, 5.74) is -3.96. The molecule has 2 amide bonds. The van der Waals surface area contributed by atoms with E-state index in [0.717, 1.165) is 106 Å². The fraction of sp³-hybridized carbons (Fsp3) is 0.190. The number of aromatic amines is 1. The zero-order valence-corrected chi connectivity index (χ0v) is 80.5. The molecule has 0 atom stereocenters. The van der Waals surface area contributed by atoms with Crippen LogP contribution in [0.2, 0.25) is 0 Å². The zero-order valence-electron chi connectivity index (χ0n) is 73.7. The van der Waals surface area contributed by atoms with Crippen LogP contribution >= 0.6 is 15.9 Å². The molecule has 57 heteroatoms. The van der Waals surface area contributed by atoms with Crippen LogP contribution in [-0.2, 0) is 74.8 Å². The number of nitro groups is 4. The van der Waals surface area contributed by atoms with Gasteiger partial charge in [-0.05, 0) is 111 Å². The monoisotopic (exact) mass is 2100 g/mol. The van der Waals surface area contributed by atoms with Gasteiger partial charge in [-0.3, -0.25) is 79.2 Å². The molecule has 0 bridgehead atoms. The van der Waals surface area contributed by atoms with E-state index in [4.69, 9.17) is 28.9 Å². The number of alkyl carbamates (subject to hydrolysis) is 1. The number of aromatic nitrogens is 10. The number of nitrogens with one attached hydrogen (secondary N) is 3. The van der Waals surface area contributed by atoms with E-state index < -0.39 is 201 Å². The summed E-state index contributed by atoms with van der Waals surface area (Å²) in [6, 6.07) is 16.1. The normalized spacial score (nSPS) is 11.0. The Morgan fingerprint density at radius 1 is 0.546 bits per heavy atom. The number of esters is 2. The number of aromatic carboxylic acids is 1. The van der Waals surface area contributed by atoms with Gasteiger partial charge in [0.15, 0.2) is 81.5 Å². The molecule has 2 aliphatic carbocycles. The number of pyridine rings is 6. The van der Waals surface area contributed by atoms with Gasteiger partial charge in [-0.2, -0.15) is 9.97 Å². The van der Waals surface area contributed by atoms with Crippen molar-refractivity contribution in [3.8, 4) is 0 Å². The topological polar surface area (TPSA) is 582 Å². The molecule has 0 saturated carbocycles. The molecule has 14 rings (SSSR count). The minimum atomic E-state index is -1.70. The summed E-state index contributed by atoms with van der Waals surface area (Å²) in [4.78, 5) is 177. The Labute approximate surface area is 875 Å². The molecular formula is C84H67BrF12K2N16O26. The van der Waals surface area contributed by atoms with Gasteiger partial charge in [0.25, 0.3) is 69.1 Å². The van der Waals surface area contributed by atoms with E-state index in [-0.39, 0.29) is 177 Å². The van der Waals surface area contributed by atoms with Crippen LogP contribution in [0.25, 0.3) is 11.1 Å². The Kier molecular flexibility index (Phi) is 44.8. The molecule has 0 aliphatic heterocycles. The maximum absolute atomic E-state index is 13.6. The Balaban J connectivity index is 0.000000363. The number of H-pyrrole nitrogens is 1. The number of carbonyl (C=O) groups is 6. The van der Waals surface area contributed by atoms with Crippen LogP contribution in [0.15, 0.2) is 175 Å². The third-order valence-corrected chi connectivity index (χ3v) is 18.3. The Bertz CT molecular complexity index is 6980. The van der Waals surface area contributed by atoms with E-state index in [0.29, 0.717) is 81.6 Å². The number of halogens is 13. The molecule has 2 aliphatic rings. The summed E-state index contributed by atoms with van der Waals surface area (Å²) in [5.74, 6) is -21.3. The van der Waals surface area contributed by atoms with Crippen LogP contribution in [0.5, 0.6) is 0 Å². The largest absolute Gasteiger partial charge is 1.00 e. The number of fused-ring (bicyclic) bond motifs is 2. The second kappa shape index (κ2) is 53.8. The average molecular weight is 2100 g/mol. The molecule has 0 radical (unpaired) electrons. The van der Waals surface area contributed by atoms with Crippen molar-refractivity contribution in [3.05, 3.63) is 389 Å². The number of carboxylic acids is 1. The van der Waals surface area contributed by atoms with Gasteiger partial charge in [0.2, 0.25) is 0 Å². The van der Waals surface area contributed by atoms with Crippen molar-refractivity contribution in [1.29, 1.82) is 0 Å². The van der Waals surface area contributed by atoms with Gasteiger partial charge in [0.05, 0.1) is 102 Å². The fourth-order valence-corrected chi connectivity index (χ4v) is 12.0. The smallest absolute Gasteiger partial charge is 1.00 e. The molecule has 0 unspecified atom stereocenters. The van der Waals surface area contributed by atoms with Crippen molar-refractivity contribution in [2.45, 2.75) is 91.6 Å². The van der Waals surface area contributed by atoms with Crippen molar-refractivity contribution in [3.63, 3.8) is 0 Å². The van der Waals surface area contributed by atoms with Crippen LogP contribution in [0.4, 0.5) is 80.2 Å². The third kappa shape index (κ3) is 32.5. The van der Waals surface area contributed by atoms with Gasteiger partial charge in [-0.15, -0.1) is 0 Å². The van der Waals surface area contributed by atoms with E-state index in [9.17, 15) is 136 Å². The number of hydrogen-bond acceptors (Lipinski definition) is 31. The second-order valence-electron chi connectivity index (χ2n) is 28.3. The van der Waals surface area contributed by atoms with E-state index >= 15 is 0 Å². The Hall–Kier alpha value is -14.2. The second-order valence-corrected chi connectivity index (χ2v) is 28.9. The van der Waals surface area contributed by atoms with E-state index in [1.165, 1.54) is 6.92 Å². The average Bonchev–Trinajstić information content (AvgIpc) is 1.61. The molecule has 8 aromatic heterocycles. The summed E-state index contributed by atoms with van der Waals surface area (Å²) in [5, 5.41) is 73.8. The van der Waals surface area contributed by atoms with Gasteiger partial charge in [-0.1, -0.05) is 58.0 Å². The summed E-state index contributed by atoms with van der Waals surface area (Å²) in [7, 11) is 1.08. The molecule has 4 N–H and O–H groups in total. The number of alkyl halides is 1. The van der Waals surface area contributed by atoms with Crippen LogP contribution in [0.1, 0.15) is 146 Å². The molecule has 8 heterocycles. The van der Waals surface area contributed by atoms with Gasteiger partial charge in [-0.25, -0.2) is 71.9 Å². The molecule has 12 aromatic rings. The first-order valence-corrected chi connectivity index (χ1v) is 39.4. The van der Waals surface area contributed by atoms with Crippen molar-refractivity contribution >= 4 is 86.2 Å². The maximum atomic E-state index is 13.6. The molecule has 42 nitrogen and oxygen atoms in total. The molecular weight excluding hydrogens is 2040 g/mol. The number of benzene rings is 4. The third-order valence-electron chi connectivity index (χ3n) is 17.7. The van der Waals surface area contributed by atoms with Crippen molar-refractivity contribution < 1.29 is 244 Å². The molecule has 0 spiro atoms. The summed E-state index contributed by atoms with van der Waals surface area (Å²) >= 11 is 2.99. The standard InChI is InChI=1S/C24H15F3N6O5.C16H18N4O3.C15H11F3N2O5.C13H7F3N2O5.C7H4BrF3.C7H6N2O5.CH2O3.CH4.2K.H/c25-17-6-12(7-18(26)21(17)27)10-32-11-13(33(36)37)8-16(24(32)35)22(34)29-9-20-30-23(38-31-20)15-3-4-19-14(15)2-1-5-28-19;1-16(2,3)22-15(21)18-9-13-19-14(23-20-13)11-6-7-12-10(11)5-4-8-17-12;1-2-25-15(22)10-5-9(20(23)24)7-19(14(10)21)6-8-3-11(16)13(18)12(17)4-8;14-9-1-6(2-10(15)11(9)16)4-17-5-7(18(22)23)3-8(12(17)19)13(20)21;8-3-4-1-5(9)7(11)6(10)2-4;1-14-7(11)5-2-4(9(12)13)3-8-6(5)10;2-1-4-3;;;;/h1-3,5-8,11H,4,9-10H2,(H,29,34);4-6,8H,7,9H2,1-3H3,(H,18,21);3-5,7H,2,6H2,1H3;1-3,5H,4H2,(H,20,21);1-2H,3H2;2-3H,1H3,(H,8,10);1,3H;1H4;;;/q;;;;;;;;2*+1;-1/p-1. The van der Waals surface area contributed by atoms with E-state index in [1.807, 2.05) is 30.4 Å². The number of methoxy groups -OCH3 is 1. The quantitative estimate of drug-likeness (QED) is 0.00547. The number of allylic oxidation sites excluding steroid dienone is 2. The molecule has 732 valence electrons. The summed E-state index contributed by atoms with van der Waals surface area (Å²) in [6.45, 7) is 4.88. The first-order valence-electron chi connectivity index (χ1n) is 38.2. The number of carbonyl (C=O) groups excluding carboxylic acids is 5. The number of rotatable bonds is 23. The van der Waals surface area contributed by atoms with E-state index in [2.05, 4.69) is 76.2 Å². The molecule has 0 saturated heterocycles. The predicted molar refractivity (Wildman–Crippen MR) is 453 cm³/mol. The maximum Gasteiger partial charge on any atom is 1.00 e. The fourth-order valence-electron chi connectivity index (χ4n) is 11.7. The van der Waals surface area contributed by atoms with Gasteiger partial charge in [0, 0.05) is 77.1 Å². The number of ether oxygens (including phenoxy) is 3. The summed E-state index contributed by atoms with van der Waals surface area (Å²) < 4.78 is 183. The van der Waals surface area contributed by atoms with Crippen LogP contribution in [-0.4, -0.2) is 129 Å². The Morgan fingerprint density at radius 3 is 1.24 bits per heavy atom. The van der Waals surface area contributed by atoms with Crippen LogP contribution < -0.4 is 141 Å². The SMILES string of the molecule is C.CC(C)(C)OC(=O)NCc1noc(C2=CCc3ncccc32)n1.CCOC(=O)c1cc([N+](=O)[O-])cn(Cc2cc(F)c(F)c(F)c2)c1=O.COC(=O)c1cc([N+](=O)[O-])c[nH]c1=O.Fc1cc(CBr)cc(F)c1F.O=C(NCc1noc(C2=CCc3ncccc32)n1)c1cc([N+](=O)[O-])cn(Cc2cc(F)c(F)c(F)c2)c1=O.O=C(O)c1cc([N+](=O)[O-])cn(Cc2cc(F)c(F)c(F)c2)c1=O.O=CO[O-].[H-].[K+].[K+]. The number of nitrogens with zero attached hydrogens (tertiary/aromatic N) is 13. The molecule has 4 aromatic carbocycles. The van der Waals surface area contributed by atoms with Gasteiger partial charge < -0.3 is 69.3 Å². The van der Waals surface area contributed by atoms with Gasteiger partial charge >= 0.3 is 127 Å². The first kappa shape index (κ1) is 117.